The number of ether oxygens (including phenoxy) is 1. The van der Waals surface area contributed by atoms with Gasteiger partial charge in [-0.15, -0.1) is 0 Å². The van der Waals surface area contributed by atoms with Crippen LogP contribution >= 0.6 is 0 Å². The zero-order valence-electron chi connectivity index (χ0n) is 16.5. The highest BCUT2D eigenvalue weighted by atomic mass is 16.5. The van der Waals surface area contributed by atoms with Crippen molar-refractivity contribution < 1.29 is 14.3 Å². The highest BCUT2D eigenvalue weighted by Gasteiger charge is 2.26. The van der Waals surface area contributed by atoms with E-state index in [1.54, 1.807) is 7.05 Å². The van der Waals surface area contributed by atoms with E-state index in [0.29, 0.717) is 13.0 Å². The number of methoxy groups -OCH3 is 1. The number of carbonyl (C=O) groups excluding carboxylic acids is 2. The molecule has 0 atom stereocenters. The molecule has 1 fully saturated rings. The lowest BCUT2D eigenvalue weighted by Crippen LogP contribution is -2.46. The first-order valence-corrected chi connectivity index (χ1v) is 9.49. The minimum atomic E-state index is -0.122. The Kier molecular flexibility index (Phi) is 8.10. The summed E-state index contributed by atoms with van der Waals surface area (Å²) < 4.78 is 4.83. The Bertz CT molecular complexity index is 650. The summed E-state index contributed by atoms with van der Waals surface area (Å²) in [6.45, 7) is 4.19. The maximum Gasteiger partial charge on any atom is 0.308 e. The summed E-state index contributed by atoms with van der Waals surface area (Å²) in [7, 11) is 3.21. The van der Waals surface area contributed by atoms with E-state index < -0.39 is 0 Å². The van der Waals surface area contributed by atoms with E-state index in [1.807, 2.05) is 31.2 Å². The number of nitrogens with one attached hydrogen (secondary N) is 2. The molecule has 1 aliphatic rings. The lowest BCUT2D eigenvalue weighted by Gasteiger charge is -2.33. The fourth-order valence-electron chi connectivity index (χ4n) is 3.16. The summed E-state index contributed by atoms with van der Waals surface area (Å²) in [5.74, 6) is 0.737. The van der Waals surface area contributed by atoms with Crippen LogP contribution in [0.3, 0.4) is 0 Å². The summed E-state index contributed by atoms with van der Waals surface area (Å²) in [6, 6.07) is 7.81. The van der Waals surface area contributed by atoms with Crippen LogP contribution in [0, 0.1) is 5.92 Å². The van der Waals surface area contributed by atoms with Gasteiger partial charge in [0.05, 0.1) is 13.0 Å². The number of hydrogen-bond donors (Lipinski definition) is 2. The number of benzene rings is 1. The van der Waals surface area contributed by atoms with Crippen LogP contribution in [-0.4, -0.2) is 50.0 Å². The summed E-state index contributed by atoms with van der Waals surface area (Å²) in [4.78, 5) is 29.8. The van der Waals surface area contributed by atoms with E-state index in [4.69, 9.17) is 4.74 Å². The quantitative estimate of drug-likeness (QED) is 0.454. The van der Waals surface area contributed by atoms with E-state index in [2.05, 4.69) is 20.5 Å². The molecule has 1 heterocycles. The maximum absolute atomic E-state index is 11.6. The molecule has 2 rings (SSSR count). The molecule has 0 aliphatic carbocycles. The van der Waals surface area contributed by atoms with Crippen molar-refractivity contribution in [3.05, 3.63) is 29.8 Å². The fraction of sp³-hybridized carbons (Fsp3) is 0.550. The Morgan fingerprint density at radius 3 is 2.44 bits per heavy atom. The molecule has 0 aromatic heterocycles. The highest BCUT2D eigenvalue weighted by molar-refractivity contribution is 5.90. The van der Waals surface area contributed by atoms with Crippen LogP contribution in [0.25, 0.3) is 0 Å². The number of amides is 1. The minimum Gasteiger partial charge on any atom is -0.469 e. The van der Waals surface area contributed by atoms with E-state index in [1.165, 1.54) is 7.11 Å². The van der Waals surface area contributed by atoms with Crippen LogP contribution in [0.5, 0.6) is 0 Å². The average Bonchev–Trinajstić information content (AvgIpc) is 2.69. The number of likely N-dealkylation sites (tertiary alicyclic amines) is 1. The second-order valence-corrected chi connectivity index (χ2v) is 6.68. The lowest BCUT2D eigenvalue weighted by atomic mass is 9.97. The Balaban J connectivity index is 1.82. The molecule has 7 nitrogen and oxygen atoms in total. The van der Waals surface area contributed by atoms with Gasteiger partial charge in [0.15, 0.2) is 5.96 Å². The smallest absolute Gasteiger partial charge is 0.308 e. The number of rotatable bonds is 6. The number of esters is 1. The molecule has 1 aromatic rings. The number of nitrogens with zero attached hydrogens (tertiary/aromatic N) is 2. The summed E-state index contributed by atoms with van der Waals surface area (Å²) in [5, 5.41) is 6.25. The van der Waals surface area contributed by atoms with E-state index in [0.717, 1.165) is 49.6 Å². The van der Waals surface area contributed by atoms with Crippen LogP contribution in [-0.2, 0) is 20.9 Å². The van der Waals surface area contributed by atoms with Gasteiger partial charge >= 0.3 is 5.97 Å². The zero-order valence-corrected chi connectivity index (χ0v) is 16.5. The van der Waals surface area contributed by atoms with Gasteiger partial charge in [-0.2, -0.15) is 0 Å². The molecule has 1 aromatic carbocycles. The van der Waals surface area contributed by atoms with Crippen molar-refractivity contribution in [3.8, 4) is 0 Å². The third kappa shape index (κ3) is 6.27. The highest BCUT2D eigenvalue weighted by Crippen LogP contribution is 2.18. The van der Waals surface area contributed by atoms with Crippen LogP contribution in [0.2, 0.25) is 0 Å². The molecule has 0 spiro atoms. The van der Waals surface area contributed by atoms with Gasteiger partial charge in [0.25, 0.3) is 0 Å². The van der Waals surface area contributed by atoms with Gasteiger partial charge in [-0.05, 0) is 37.0 Å². The summed E-state index contributed by atoms with van der Waals surface area (Å²) in [5.41, 5.74) is 1.92. The molecule has 1 amide bonds. The normalized spacial score (nSPS) is 15.4. The van der Waals surface area contributed by atoms with Crippen LogP contribution < -0.4 is 10.6 Å². The fourth-order valence-corrected chi connectivity index (χ4v) is 3.16. The molecule has 1 saturated heterocycles. The average molecular weight is 374 g/mol. The van der Waals surface area contributed by atoms with Crippen molar-refractivity contribution in [3.63, 3.8) is 0 Å². The summed E-state index contributed by atoms with van der Waals surface area (Å²) >= 11 is 0. The van der Waals surface area contributed by atoms with Crippen molar-refractivity contribution in [2.45, 2.75) is 39.2 Å². The molecule has 2 N–H and O–H groups in total. The third-order valence-corrected chi connectivity index (χ3v) is 4.71. The Morgan fingerprint density at radius 2 is 1.89 bits per heavy atom. The molecule has 27 heavy (non-hydrogen) atoms. The van der Waals surface area contributed by atoms with E-state index in [-0.39, 0.29) is 17.8 Å². The van der Waals surface area contributed by atoms with Gasteiger partial charge < -0.3 is 20.3 Å². The topological polar surface area (TPSA) is 83.0 Å². The van der Waals surface area contributed by atoms with Crippen LogP contribution in [0.1, 0.15) is 38.2 Å². The molecule has 0 radical (unpaired) electrons. The van der Waals surface area contributed by atoms with Gasteiger partial charge in [0.2, 0.25) is 5.91 Å². The number of hydrogen-bond acceptors (Lipinski definition) is 4. The van der Waals surface area contributed by atoms with Gasteiger partial charge in [-0.3, -0.25) is 14.6 Å². The Morgan fingerprint density at radius 1 is 1.22 bits per heavy atom. The second-order valence-electron chi connectivity index (χ2n) is 6.68. The van der Waals surface area contributed by atoms with Gasteiger partial charge in [0, 0.05) is 38.8 Å². The molecule has 0 unspecified atom stereocenters. The first-order valence-electron chi connectivity index (χ1n) is 9.49. The number of aliphatic imine (C=N–C) groups is 1. The standard InChI is InChI=1S/C20H30N4O3/c1-4-5-18(25)23-17-8-6-15(7-9-17)14-22-20(21-2)24-12-10-16(11-13-24)19(26)27-3/h6-9,16H,4-5,10-14H2,1-3H3,(H,21,22)(H,23,25). The number of carbonyl (C=O) groups is 2. The van der Waals surface area contributed by atoms with Gasteiger partial charge in [-0.1, -0.05) is 19.1 Å². The number of piperidine rings is 1. The molecule has 1 aliphatic heterocycles. The van der Waals surface area contributed by atoms with Crippen LogP contribution in [0.4, 0.5) is 5.69 Å². The first-order chi connectivity index (χ1) is 13.1. The number of guanidine groups is 1. The molecular weight excluding hydrogens is 344 g/mol. The zero-order chi connectivity index (χ0) is 19.6. The Labute approximate surface area is 161 Å². The third-order valence-electron chi connectivity index (χ3n) is 4.71. The van der Waals surface area contributed by atoms with E-state index >= 15 is 0 Å². The van der Waals surface area contributed by atoms with E-state index in [9.17, 15) is 9.59 Å². The lowest BCUT2D eigenvalue weighted by molar-refractivity contribution is -0.146. The predicted molar refractivity (Wildman–Crippen MR) is 106 cm³/mol. The summed E-state index contributed by atoms with van der Waals surface area (Å²) in [6.07, 6.45) is 2.93. The minimum absolute atomic E-state index is 0.0141. The molecule has 0 bridgehead atoms. The second kappa shape index (κ2) is 10.5. The van der Waals surface area contributed by atoms with Gasteiger partial charge in [-0.25, -0.2) is 0 Å². The SMILES string of the molecule is CCCC(=O)Nc1ccc(CNC(=NC)N2CCC(C(=O)OC)CC2)cc1. The molecule has 0 saturated carbocycles. The van der Waals surface area contributed by atoms with Gasteiger partial charge in [0.1, 0.15) is 0 Å². The van der Waals surface area contributed by atoms with Crippen molar-refractivity contribution >= 4 is 23.5 Å². The van der Waals surface area contributed by atoms with Crippen molar-refractivity contribution in [2.75, 3.05) is 32.6 Å². The number of anilines is 1. The molecule has 148 valence electrons. The molecular formula is C20H30N4O3. The first kappa shape index (κ1) is 20.7. The Hall–Kier alpha value is -2.57. The van der Waals surface area contributed by atoms with Crippen molar-refractivity contribution in [1.82, 2.24) is 10.2 Å². The van der Waals surface area contributed by atoms with Crippen molar-refractivity contribution in [1.29, 1.82) is 0 Å². The maximum atomic E-state index is 11.6. The van der Waals surface area contributed by atoms with Crippen LogP contribution in [0.15, 0.2) is 29.3 Å². The monoisotopic (exact) mass is 374 g/mol. The largest absolute Gasteiger partial charge is 0.469 e. The molecule has 7 heteroatoms. The predicted octanol–water partition coefficient (Wildman–Crippen LogP) is 2.39. The van der Waals surface area contributed by atoms with Crippen molar-refractivity contribution in [2.24, 2.45) is 10.9 Å².